The molecule has 1 heterocycles. The first-order valence-corrected chi connectivity index (χ1v) is 6.82. The lowest BCUT2D eigenvalue weighted by Gasteiger charge is -2.30. The number of halogens is 1. The maximum atomic E-state index is 11.9. The summed E-state index contributed by atoms with van der Waals surface area (Å²) in [5.41, 5.74) is 0.951. The molecule has 0 bridgehead atoms. The molecule has 0 radical (unpaired) electrons. The Bertz CT molecular complexity index is 439. The highest BCUT2D eigenvalue weighted by Gasteiger charge is 2.30. The van der Waals surface area contributed by atoms with Crippen LogP contribution in [0.1, 0.15) is 6.92 Å². The molecule has 0 aromatic heterocycles. The second kappa shape index (κ2) is 5.71. The molecule has 1 aromatic carbocycles. The van der Waals surface area contributed by atoms with Crippen LogP contribution in [0.15, 0.2) is 28.7 Å². The van der Waals surface area contributed by atoms with Crippen LogP contribution < -0.4 is 10.2 Å². The molecule has 2 N–H and O–H groups in total. The van der Waals surface area contributed by atoms with Crippen LogP contribution in [0.4, 0.5) is 5.69 Å². The van der Waals surface area contributed by atoms with E-state index in [1.165, 1.54) is 0 Å². The third kappa shape index (κ3) is 2.84. The molecule has 1 amide bonds. The summed E-state index contributed by atoms with van der Waals surface area (Å²) in [6.45, 7) is 3.32. The zero-order chi connectivity index (χ0) is 13.1. The van der Waals surface area contributed by atoms with Crippen LogP contribution in [0.2, 0.25) is 0 Å². The third-order valence-electron chi connectivity index (χ3n) is 3.12. The van der Waals surface area contributed by atoms with Gasteiger partial charge >= 0.3 is 0 Å². The van der Waals surface area contributed by atoms with Crippen molar-refractivity contribution >= 4 is 27.5 Å². The fourth-order valence-electron chi connectivity index (χ4n) is 2.18. The van der Waals surface area contributed by atoms with Crippen LogP contribution in [-0.4, -0.2) is 36.8 Å². The maximum Gasteiger partial charge on any atom is 0.245 e. The molecular weight excluding hydrogens is 296 g/mol. The van der Waals surface area contributed by atoms with Crippen LogP contribution in [0.3, 0.4) is 0 Å². The van der Waals surface area contributed by atoms with E-state index in [-0.39, 0.29) is 12.5 Å². The lowest BCUT2D eigenvalue weighted by molar-refractivity contribution is -0.122. The summed E-state index contributed by atoms with van der Waals surface area (Å²) in [6.07, 6.45) is 0. The van der Waals surface area contributed by atoms with Gasteiger partial charge in [0.25, 0.3) is 0 Å². The summed E-state index contributed by atoms with van der Waals surface area (Å²) < 4.78 is 0.967. The van der Waals surface area contributed by atoms with Gasteiger partial charge in [0.2, 0.25) is 5.91 Å². The number of carbonyl (C=O) groups is 1. The number of amides is 1. The number of anilines is 1. The molecule has 1 fully saturated rings. The molecule has 2 rings (SSSR count). The van der Waals surface area contributed by atoms with E-state index >= 15 is 0 Å². The van der Waals surface area contributed by atoms with Crippen molar-refractivity contribution in [1.82, 2.24) is 5.32 Å². The first kappa shape index (κ1) is 13.4. The molecule has 18 heavy (non-hydrogen) atoms. The number of aliphatic hydroxyl groups excluding tert-OH is 1. The van der Waals surface area contributed by atoms with Gasteiger partial charge in [0.15, 0.2) is 0 Å². The van der Waals surface area contributed by atoms with Crippen molar-refractivity contribution < 1.29 is 9.90 Å². The molecule has 0 spiro atoms. The normalized spacial score (nSPS) is 24.6. The van der Waals surface area contributed by atoms with Crippen molar-refractivity contribution in [1.29, 1.82) is 0 Å². The number of nitrogens with one attached hydrogen (secondary N) is 1. The minimum Gasteiger partial charge on any atom is -0.394 e. The minimum absolute atomic E-state index is 0.109. The number of nitrogens with zero attached hydrogens (tertiary/aromatic N) is 1. The standard InChI is InChI=1S/C13H17BrN2O2/c1-9-6-15-13(18)12(8-17)16(7-9)11-4-2-3-10(14)5-11/h2-5,9,12,17H,6-8H2,1H3,(H,15,18). The van der Waals surface area contributed by atoms with E-state index in [9.17, 15) is 9.90 Å². The van der Waals surface area contributed by atoms with Gasteiger partial charge < -0.3 is 15.3 Å². The van der Waals surface area contributed by atoms with Gasteiger partial charge in [-0.3, -0.25) is 4.79 Å². The van der Waals surface area contributed by atoms with Gasteiger partial charge in [0, 0.05) is 23.2 Å². The number of rotatable bonds is 2. The Morgan fingerprint density at radius 1 is 1.56 bits per heavy atom. The summed E-state index contributed by atoms with van der Waals surface area (Å²) in [5, 5.41) is 12.3. The van der Waals surface area contributed by atoms with E-state index < -0.39 is 6.04 Å². The highest BCUT2D eigenvalue weighted by molar-refractivity contribution is 9.10. The SMILES string of the molecule is CC1CNC(=O)C(CO)N(c2cccc(Br)c2)C1. The summed E-state index contributed by atoms with van der Waals surface area (Å²) in [7, 11) is 0. The highest BCUT2D eigenvalue weighted by Crippen LogP contribution is 2.24. The van der Waals surface area contributed by atoms with Gasteiger partial charge in [0.05, 0.1) is 6.61 Å². The average Bonchev–Trinajstić information content (AvgIpc) is 2.49. The monoisotopic (exact) mass is 312 g/mol. The Morgan fingerprint density at radius 2 is 2.33 bits per heavy atom. The molecule has 0 saturated carbocycles. The Labute approximate surface area is 115 Å². The fourth-order valence-corrected chi connectivity index (χ4v) is 2.57. The smallest absolute Gasteiger partial charge is 0.245 e. The summed E-state index contributed by atoms with van der Waals surface area (Å²) in [4.78, 5) is 13.9. The predicted molar refractivity (Wildman–Crippen MR) is 74.5 cm³/mol. The van der Waals surface area contributed by atoms with Gasteiger partial charge in [-0.05, 0) is 24.1 Å². The van der Waals surface area contributed by atoms with Crippen molar-refractivity contribution in [3.63, 3.8) is 0 Å². The van der Waals surface area contributed by atoms with Gasteiger partial charge in [-0.2, -0.15) is 0 Å². The first-order valence-electron chi connectivity index (χ1n) is 6.02. The summed E-state index contributed by atoms with van der Waals surface area (Å²) in [5.74, 6) is 0.242. The fraction of sp³-hybridized carbons (Fsp3) is 0.462. The zero-order valence-corrected chi connectivity index (χ0v) is 11.9. The van der Waals surface area contributed by atoms with Crippen molar-refractivity contribution in [3.8, 4) is 0 Å². The van der Waals surface area contributed by atoms with Crippen molar-refractivity contribution in [2.45, 2.75) is 13.0 Å². The minimum atomic E-state index is -0.510. The predicted octanol–water partition coefficient (Wildman–Crippen LogP) is 1.38. The van der Waals surface area contributed by atoms with Crippen LogP contribution in [-0.2, 0) is 4.79 Å². The summed E-state index contributed by atoms with van der Waals surface area (Å²) in [6, 6.07) is 7.29. The topological polar surface area (TPSA) is 52.6 Å². The molecule has 1 aliphatic rings. The van der Waals surface area contributed by atoms with E-state index in [1.54, 1.807) is 0 Å². The Kier molecular flexibility index (Phi) is 4.24. The zero-order valence-electron chi connectivity index (χ0n) is 10.3. The van der Waals surface area contributed by atoms with Crippen molar-refractivity contribution in [3.05, 3.63) is 28.7 Å². The molecule has 1 saturated heterocycles. The van der Waals surface area contributed by atoms with Crippen LogP contribution in [0.5, 0.6) is 0 Å². The van der Waals surface area contributed by atoms with Gasteiger partial charge in [0.1, 0.15) is 6.04 Å². The molecule has 2 atom stereocenters. The maximum absolute atomic E-state index is 11.9. The van der Waals surface area contributed by atoms with Gasteiger partial charge in [-0.25, -0.2) is 0 Å². The summed E-state index contributed by atoms with van der Waals surface area (Å²) >= 11 is 3.43. The number of aliphatic hydroxyl groups is 1. The van der Waals surface area contributed by atoms with E-state index in [4.69, 9.17) is 0 Å². The molecular formula is C13H17BrN2O2. The Balaban J connectivity index is 2.34. The average molecular weight is 313 g/mol. The van der Waals surface area contributed by atoms with E-state index in [0.717, 1.165) is 16.7 Å². The second-order valence-corrected chi connectivity index (χ2v) is 5.60. The lowest BCUT2D eigenvalue weighted by atomic mass is 10.1. The second-order valence-electron chi connectivity index (χ2n) is 4.68. The van der Waals surface area contributed by atoms with Crippen LogP contribution in [0.25, 0.3) is 0 Å². The molecule has 2 unspecified atom stereocenters. The van der Waals surface area contributed by atoms with Crippen LogP contribution >= 0.6 is 15.9 Å². The van der Waals surface area contributed by atoms with E-state index in [0.29, 0.717) is 12.5 Å². The highest BCUT2D eigenvalue weighted by atomic mass is 79.9. The number of carbonyl (C=O) groups excluding carboxylic acids is 1. The van der Waals surface area contributed by atoms with Crippen LogP contribution in [0, 0.1) is 5.92 Å². The van der Waals surface area contributed by atoms with E-state index in [1.807, 2.05) is 29.2 Å². The Morgan fingerprint density at radius 3 is 3.00 bits per heavy atom. The first-order chi connectivity index (χ1) is 8.61. The molecule has 5 heteroatoms. The number of hydrogen-bond acceptors (Lipinski definition) is 3. The molecule has 1 aromatic rings. The molecule has 98 valence electrons. The lowest BCUT2D eigenvalue weighted by Crippen LogP contribution is -2.47. The van der Waals surface area contributed by atoms with Crippen molar-refractivity contribution in [2.75, 3.05) is 24.6 Å². The molecule has 0 aliphatic carbocycles. The largest absolute Gasteiger partial charge is 0.394 e. The van der Waals surface area contributed by atoms with Gasteiger partial charge in [-0.15, -0.1) is 0 Å². The quantitative estimate of drug-likeness (QED) is 0.867. The Hall–Kier alpha value is -1.07. The van der Waals surface area contributed by atoms with E-state index in [2.05, 4.69) is 28.2 Å². The molecule has 4 nitrogen and oxygen atoms in total. The van der Waals surface area contributed by atoms with Crippen molar-refractivity contribution in [2.24, 2.45) is 5.92 Å². The van der Waals surface area contributed by atoms with Gasteiger partial charge in [-0.1, -0.05) is 28.9 Å². The number of benzene rings is 1. The number of hydrogen-bond donors (Lipinski definition) is 2. The molecule has 1 aliphatic heterocycles. The third-order valence-corrected chi connectivity index (χ3v) is 3.62.